The molecule has 0 fully saturated rings. The van der Waals surface area contributed by atoms with Crippen molar-refractivity contribution in [3.63, 3.8) is 0 Å². The summed E-state index contributed by atoms with van der Waals surface area (Å²) in [6.07, 6.45) is -0.520. The van der Waals surface area contributed by atoms with E-state index in [1.54, 1.807) is 6.92 Å². The number of ether oxygens (including phenoxy) is 1. The van der Waals surface area contributed by atoms with Crippen molar-refractivity contribution < 1.29 is 9.84 Å². The number of hydrogen-bond donors (Lipinski definition) is 2. The van der Waals surface area contributed by atoms with Gasteiger partial charge >= 0.3 is 0 Å². The molecule has 0 aromatic heterocycles. The maximum absolute atomic E-state index is 9.18. The van der Waals surface area contributed by atoms with Crippen LogP contribution in [0.15, 0.2) is 0 Å². The van der Waals surface area contributed by atoms with E-state index in [2.05, 4.69) is 13.8 Å². The summed E-state index contributed by atoms with van der Waals surface area (Å²) in [5.74, 6) is 0.399. The maximum Gasteiger partial charge on any atom is 0.0807 e. The van der Waals surface area contributed by atoms with Gasteiger partial charge in [0.15, 0.2) is 0 Å². The Morgan fingerprint density at radius 1 is 1.25 bits per heavy atom. The summed E-state index contributed by atoms with van der Waals surface area (Å²) < 4.78 is 5.55. The fourth-order valence-electron chi connectivity index (χ4n) is 0.874. The van der Waals surface area contributed by atoms with Gasteiger partial charge in [-0.3, -0.25) is 0 Å². The van der Waals surface area contributed by atoms with Crippen molar-refractivity contribution in [2.24, 2.45) is 11.7 Å². The van der Waals surface area contributed by atoms with Gasteiger partial charge in [0.05, 0.1) is 18.3 Å². The van der Waals surface area contributed by atoms with E-state index in [-0.39, 0.29) is 12.2 Å². The van der Waals surface area contributed by atoms with Crippen LogP contribution in [0.5, 0.6) is 0 Å². The largest absolute Gasteiger partial charge is 0.391 e. The quantitative estimate of drug-likeness (QED) is 0.648. The zero-order chi connectivity index (χ0) is 9.72. The second-order valence-electron chi connectivity index (χ2n) is 3.60. The zero-order valence-corrected chi connectivity index (χ0v) is 8.45. The Hall–Kier alpha value is -0.120. The SMILES string of the molecule is CC(C)C(CN)OC(C)C(C)O. The lowest BCUT2D eigenvalue weighted by atomic mass is 10.1. The molecule has 0 spiro atoms. The molecule has 0 aromatic carbocycles. The van der Waals surface area contributed by atoms with Gasteiger partial charge in [0.2, 0.25) is 0 Å². The Morgan fingerprint density at radius 3 is 2.00 bits per heavy atom. The minimum atomic E-state index is -0.433. The molecule has 3 heteroatoms. The Labute approximate surface area is 74.9 Å². The highest BCUT2D eigenvalue weighted by Crippen LogP contribution is 2.09. The molecule has 0 amide bonds. The molecule has 3 N–H and O–H groups in total. The Balaban J connectivity index is 3.85. The summed E-state index contributed by atoms with van der Waals surface area (Å²) in [6.45, 7) is 8.21. The second kappa shape index (κ2) is 5.51. The summed E-state index contributed by atoms with van der Waals surface area (Å²) in [5, 5.41) is 9.18. The molecule has 3 atom stereocenters. The lowest BCUT2D eigenvalue weighted by molar-refractivity contribution is -0.0729. The van der Waals surface area contributed by atoms with Crippen molar-refractivity contribution in [1.29, 1.82) is 0 Å². The van der Waals surface area contributed by atoms with Crippen molar-refractivity contribution in [1.82, 2.24) is 0 Å². The molecule has 0 bridgehead atoms. The third kappa shape index (κ3) is 4.04. The fraction of sp³-hybridized carbons (Fsp3) is 1.00. The Kier molecular flexibility index (Phi) is 5.46. The average molecular weight is 175 g/mol. The predicted molar refractivity (Wildman–Crippen MR) is 49.9 cm³/mol. The number of aliphatic hydroxyl groups is 1. The van der Waals surface area contributed by atoms with E-state index in [0.29, 0.717) is 12.5 Å². The summed E-state index contributed by atoms with van der Waals surface area (Å²) >= 11 is 0. The molecular formula is C9H21NO2. The van der Waals surface area contributed by atoms with Crippen LogP contribution in [-0.2, 0) is 4.74 Å². The van der Waals surface area contributed by atoms with Crippen molar-refractivity contribution in [3.8, 4) is 0 Å². The van der Waals surface area contributed by atoms with Gasteiger partial charge in [-0.2, -0.15) is 0 Å². The highest BCUT2D eigenvalue weighted by molar-refractivity contribution is 4.67. The molecule has 0 radical (unpaired) electrons. The molecule has 0 aliphatic heterocycles. The van der Waals surface area contributed by atoms with Gasteiger partial charge in [0.25, 0.3) is 0 Å². The highest BCUT2D eigenvalue weighted by Gasteiger charge is 2.17. The second-order valence-corrected chi connectivity index (χ2v) is 3.60. The van der Waals surface area contributed by atoms with E-state index in [1.165, 1.54) is 0 Å². The van der Waals surface area contributed by atoms with Crippen LogP contribution in [-0.4, -0.2) is 30.0 Å². The van der Waals surface area contributed by atoms with Gasteiger partial charge in [0, 0.05) is 6.54 Å². The van der Waals surface area contributed by atoms with E-state index < -0.39 is 6.10 Å². The van der Waals surface area contributed by atoms with Crippen LogP contribution < -0.4 is 5.73 Å². The number of aliphatic hydroxyl groups excluding tert-OH is 1. The van der Waals surface area contributed by atoms with E-state index in [9.17, 15) is 5.11 Å². The van der Waals surface area contributed by atoms with Crippen LogP contribution >= 0.6 is 0 Å². The van der Waals surface area contributed by atoms with Crippen molar-refractivity contribution in [2.45, 2.75) is 46.0 Å². The van der Waals surface area contributed by atoms with E-state index in [4.69, 9.17) is 10.5 Å². The van der Waals surface area contributed by atoms with Gasteiger partial charge in [-0.05, 0) is 19.8 Å². The Bertz CT molecular complexity index is 115. The van der Waals surface area contributed by atoms with Gasteiger partial charge in [-0.25, -0.2) is 0 Å². The molecule has 0 aliphatic carbocycles. The highest BCUT2D eigenvalue weighted by atomic mass is 16.5. The molecular weight excluding hydrogens is 154 g/mol. The minimum absolute atomic E-state index is 0.0506. The predicted octanol–water partition coefficient (Wildman–Crippen LogP) is 0.756. The molecule has 3 unspecified atom stereocenters. The zero-order valence-electron chi connectivity index (χ0n) is 8.45. The first-order valence-electron chi connectivity index (χ1n) is 4.52. The lowest BCUT2D eigenvalue weighted by Gasteiger charge is -2.25. The molecule has 0 rings (SSSR count). The number of hydrogen-bond acceptors (Lipinski definition) is 3. The molecule has 0 aromatic rings. The summed E-state index contributed by atoms with van der Waals surface area (Å²) in [6, 6.07) is 0. The van der Waals surface area contributed by atoms with E-state index in [1.807, 2.05) is 6.92 Å². The summed E-state index contributed by atoms with van der Waals surface area (Å²) in [4.78, 5) is 0. The van der Waals surface area contributed by atoms with Crippen LogP contribution in [0.3, 0.4) is 0 Å². The topological polar surface area (TPSA) is 55.5 Å². The number of nitrogens with two attached hydrogens (primary N) is 1. The van der Waals surface area contributed by atoms with Crippen LogP contribution in [0.2, 0.25) is 0 Å². The molecule has 3 nitrogen and oxygen atoms in total. The monoisotopic (exact) mass is 175 g/mol. The van der Waals surface area contributed by atoms with Crippen molar-refractivity contribution in [2.75, 3.05) is 6.54 Å². The molecule has 0 saturated carbocycles. The smallest absolute Gasteiger partial charge is 0.0807 e. The minimum Gasteiger partial charge on any atom is -0.391 e. The Morgan fingerprint density at radius 2 is 1.75 bits per heavy atom. The van der Waals surface area contributed by atoms with Gasteiger partial charge in [-0.15, -0.1) is 0 Å². The van der Waals surface area contributed by atoms with Crippen LogP contribution in [0.4, 0.5) is 0 Å². The van der Waals surface area contributed by atoms with Gasteiger partial charge < -0.3 is 15.6 Å². The maximum atomic E-state index is 9.18. The van der Waals surface area contributed by atoms with E-state index in [0.717, 1.165) is 0 Å². The first-order valence-corrected chi connectivity index (χ1v) is 4.52. The van der Waals surface area contributed by atoms with Crippen molar-refractivity contribution in [3.05, 3.63) is 0 Å². The van der Waals surface area contributed by atoms with E-state index >= 15 is 0 Å². The standard InChI is InChI=1S/C9H21NO2/c1-6(2)9(5-10)12-8(4)7(3)11/h6-9,11H,5,10H2,1-4H3. The molecule has 0 heterocycles. The summed E-state index contributed by atoms with van der Waals surface area (Å²) in [7, 11) is 0. The van der Waals surface area contributed by atoms with Gasteiger partial charge in [0.1, 0.15) is 0 Å². The third-order valence-electron chi connectivity index (χ3n) is 2.04. The lowest BCUT2D eigenvalue weighted by Crippen LogP contribution is -2.36. The molecule has 0 saturated heterocycles. The molecule has 0 aliphatic rings. The molecule has 12 heavy (non-hydrogen) atoms. The van der Waals surface area contributed by atoms with Gasteiger partial charge in [-0.1, -0.05) is 13.8 Å². The summed E-state index contributed by atoms with van der Waals surface area (Å²) in [5.41, 5.74) is 5.52. The van der Waals surface area contributed by atoms with Crippen LogP contribution in [0.1, 0.15) is 27.7 Å². The first kappa shape index (κ1) is 11.9. The molecule has 74 valence electrons. The number of rotatable bonds is 5. The average Bonchev–Trinajstić information content (AvgIpc) is 1.98. The van der Waals surface area contributed by atoms with Crippen LogP contribution in [0.25, 0.3) is 0 Å². The van der Waals surface area contributed by atoms with Crippen LogP contribution in [0, 0.1) is 5.92 Å². The third-order valence-corrected chi connectivity index (χ3v) is 2.04. The normalized spacial score (nSPS) is 19.2. The first-order chi connectivity index (χ1) is 5.49. The fourth-order valence-corrected chi connectivity index (χ4v) is 0.874. The van der Waals surface area contributed by atoms with Crippen molar-refractivity contribution >= 4 is 0 Å².